The molecule has 0 saturated carbocycles. The van der Waals surface area contributed by atoms with E-state index in [1.165, 1.54) is 25.6 Å². The number of rotatable bonds is 20. The fourth-order valence-corrected chi connectivity index (χ4v) is 5.24. The number of nitrogens with one attached hydrogen (secondary N) is 3. The Kier molecular flexibility index (Phi) is 18.0. The maximum atomic E-state index is 13.4. The summed E-state index contributed by atoms with van der Waals surface area (Å²) >= 11 is 1.49. The smallest absolute Gasteiger partial charge is 0.306 e. The number of esters is 2. The molecule has 3 N–H and O–H groups in total. The number of carbonyl (C=O) groups is 6. The first kappa shape index (κ1) is 39.7. The van der Waals surface area contributed by atoms with E-state index in [0.29, 0.717) is 17.9 Å². The summed E-state index contributed by atoms with van der Waals surface area (Å²) in [5, 5.41) is 8.62. The highest BCUT2D eigenvalue weighted by molar-refractivity contribution is 7.99. The highest BCUT2D eigenvalue weighted by atomic mass is 32.2. The molecule has 0 bridgehead atoms. The Balaban J connectivity index is 5.53. The zero-order valence-corrected chi connectivity index (χ0v) is 28.0. The molecule has 0 radical (unpaired) electrons. The van der Waals surface area contributed by atoms with Crippen LogP contribution < -0.4 is 16.0 Å². The third-order valence-corrected chi connectivity index (χ3v) is 7.30. The molecule has 0 aromatic carbocycles. The molecule has 0 aliphatic rings. The van der Waals surface area contributed by atoms with Crippen LogP contribution in [-0.2, 0) is 38.2 Å². The summed E-state index contributed by atoms with van der Waals surface area (Å²) < 4.78 is 10.6. The minimum absolute atomic E-state index is 0.00519. The summed E-state index contributed by atoms with van der Waals surface area (Å²) in [7, 11) is 3.32. The van der Waals surface area contributed by atoms with Crippen molar-refractivity contribution in [2.45, 2.75) is 123 Å². The van der Waals surface area contributed by atoms with E-state index in [2.05, 4.69) is 16.0 Å². The van der Waals surface area contributed by atoms with Crippen molar-refractivity contribution in [1.82, 2.24) is 16.0 Å². The van der Waals surface area contributed by atoms with E-state index in [1.807, 2.05) is 0 Å². The number of hydrogen-bond acceptors (Lipinski definition) is 11. The van der Waals surface area contributed by atoms with Gasteiger partial charge in [0.1, 0.15) is 17.0 Å². The Labute approximate surface area is 255 Å². The molecule has 12 heteroatoms. The van der Waals surface area contributed by atoms with Crippen LogP contribution in [0.15, 0.2) is 0 Å². The molecule has 0 fully saturated rings. The van der Waals surface area contributed by atoms with Crippen molar-refractivity contribution < 1.29 is 38.2 Å². The first-order chi connectivity index (χ1) is 19.3. The zero-order valence-electron chi connectivity index (χ0n) is 27.1. The van der Waals surface area contributed by atoms with Crippen molar-refractivity contribution in [2.75, 3.05) is 25.6 Å². The quantitative estimate of drug-likeness (QED) is 0.137. The second-order valence-electron chi connectivity index (χ2n) is 12.4. The predicted molar refractivity (Wildman–Crippen MR) is 164 cm³/mol. The van der Waals surface area contributed by atoms with E-state index >= 15 is 0 Å². The van der Waals surface area contributed by atoms with Crippen LogP contribution in [0.1, 0.15) is 93.9 Å². The second-order valence-corrected chi connectivity index (χ2v) is 13.6. The molecule has 0 rings (SSSR count). The van der Waals surface area contributed by atoms with Gasteiger partial charge in [-0.05, 0) is 94.5 Å². The fraction of sp³-hybridized carbons (Fsp3) is 0.800. The molecular weight excluding hydrogens is 562 g/mol. The van der Waals surface area contributed by atoms with Gasteiger partial charge in [-0.3, -0.25) is 28.8 Å². The van der Waals surface area contributed by atoms with Crippen LogP contribution in [0.5, 0.6) is 0 Å². The van der Waals surface area contributed by atoms with Crippen molar-refractivity contribution >= 4 is 47.0 Å². The molecule has 0 aliphatic carbocycles. The predicted octanol–water partition coefficient (Wildman–Crippen LogP) is 2.77. The topological polar surface area (TPSA) is 157 Å². The monoisotopic (exact) mass is 615 g/mol. The van der Waals surface area contributed by atoms with Crippen LogP contribution in [0.25, 0.3) is 0 Å². The largest absolute Gasteiger partial charge is 0.460 e. The van der Waals surface area contributed by atoms with Gasteiger partial charge in [0.2, 0.25) is 5.91 Å². The fourth-order valence-electron chi connectivity index (χ4n) is 3.98. The van der Waals surface area contributed by atoms with Crippen molar-refractivity contribution in [3.8, 4) is 0 Å². The Bertz CT molecular complexity index is 926. The second kappa shape index (κ2) is 19.1. The van der Waals surface area contributed by atoms with Gasteiger partial charge in [-0.25, -0.2) is 0 Å². The average Bonchev–Trinajstić information content (AvgIpc) is 2.83. The van der Waals surface area contributed by atoms with Gasteiger partial charge in [0.05, 0.1) is 18.1 Å². The number of ether oxygens (including phenoxy) is 2. The average molecular weight is 616 g/mol. The standard InChI is InChI=1S/C30H53N3O8S/c1-19(34)22(11-13-26(37)40-29(3,4)5)33-28(39)21(15-16-42-18-24(32-10)20(2)35)17-25(36)23(31-9)12-14-27(38)41-30(6,7)8/h21-24,31-32H,11-18H2,1-10H3,(H,33,39)/t21-,22+,23+,24+/m1/s1. The molecular formula is C30H53N3O8S. The third kappa shape index (κ3) is 18.3. The minimum Gasteiger partial charge on any atom is -0.460 e. The number of amides is 1. The summed E-state index contributed by atoms with van der Waals surface area (Å²) in [6.07, 6.45) is 0.491. The molecule has 42 heavy (non-hydrogen) atoms. The van der Waals surface area contributed by atoms with Gasteiger partial charge < -0.3 is 25.4 Å². The van der Waals surface area contributed by atoms with Crippen LogP contribution in [0.4, 0.5) is 0 Å². The lowest BCUT2D eigenvalue weighted by Crippen LogP contribution is -2.45. The van der Waals surface area contributed by atoms with Crippen molar-refractivity contribution in [3.63, 3.8) is 0 Å². The number of hydrogen-bond donors (Lipinski definition) is 3. The first-order valence-corrected chi connectivity index (χ1v) is 15.6. The van der Waals surface area contributed by atoms with E-state index in [-0.39, 0.29) is 55.5 Å². The normalized spacial score (nSPS) is 14.7. The van der Waals surface area contributed by atoms with E-state index in [0.717, 1.165) is 0 Å². The van der Waals surface area contributed by atoms with Crippen LogP contribution in [0.2, 0.25) is 0 Å². The maximum absolute atomic E-state index is 13.4. The van der Waals surface area contributed by atoms with Crippen LogP contribution in [0, 0.1) is 5.92 Å². The lowest BCUT2D eigenvalue weighted by molar-refractivity contribution is -0.156. The summed E-state index contributed by atoms with van der Waals surface area (Å²) in [5.74, 6) is -1.64. The van der Waals surface area contributed by atoms with Gasteiger partial charge in [0, 0.05) is 30.9 Å². The molecule has 0 aliphatic heterocycles. The lowest BCUT2D eigenvalue weighted by Gasteiger charge is -2.24. The number of thioether (sulfide) groups is 1. The van der Waals surface area contributed by atoms with Crippen LogP contribution in [0.3, 0.4) is 0 Å². The maximum Gasteiger partial charge on any atom is 0.306 e. The van der Waals surface area contributed by atoms with E-state index in [1.54, 1.807) is 55.6 Å². The number of ketones is 3. The molecule has 0 unspecified atom stereocenters. The van der Waals surface area contributed by atoms with Gasteiger partial charge in [0.15, 0.2) is 11.6 Å². The lowest BCUT2D eigenvalue weighted by atomic mass is 9.93. The Morgan fingerprint density at radius 3 is 1.55 bits per heavy atom. The van der Waals surface area contributed by atoms with E-state index in [9.17, 15) is 28.8 Å². The molecule has 0 saturated heterocycles. The van der Waals surface area contributed by atoms with Gasteiger partial charge >= 0.3 is 11.9 Å². The van der Waals surface area contributed by atoms with Crippen molar-refractivity contribution in [1.29, 1.82) is 0 Å². The summed E-state index contributed by atoms with van der Waals surface area (Å²) in [6.45, 7) is 13.4. The van der Waals surface area contributed by atoms with Crippen molar-refractivity contribution in [3.05, 3.63) is 0 Å². The molecule has 0 aromatic heterocycles. The Hall–Kier alpha value is -2.31. The van der Waals surface area contributed by atoms with Gasteiger partial charge in [-0.15, -0.1) is 0 Å². The van der Waals surface area contributed by atoms with Gasteiger partial charge in [-0.1, -0.05) is 0 Å². The Morgan fingerprint density at radius 1 is 0.690 bits per heavy atom. The number of likely N-dealkylation sites (N-methyl/N-ethyl adjacent to an activating group) is 2. The van der Waals surface area contributed by atoms with E-state index < -0.39 is 47.0 Å². The molecule has 11 nitrogen and oxygen atoms in total. The summed E-state index contributed by atoms with van der Waals surface area (Å²) in [5.41, 5.74) is -1.31. The highest BCUT2D eigenvalue weighted by Gasteiger charge is 2.30. The number of Topliss-reactive ketones (excluding diaryl/α,β-unsaturated/α-hetero) is 3. The molecule has 242 valence electrons. The zero-order chi connectivity index (χ0) is 32.7. The molecule has 4 atom stereocenters. The van der Waals surface area contributed by atoms with Crippen LogP contribution >= 0.6 is 11.8 Å². The summed E-state index contributed by atoms with van der Waals surface area (Å²) in [6, 6.07) is -1.89. The van der Waals surface area contributed by atoms with Crippen molar-refractivity contribution in [2.24, 2.45) is 5.92 Å². The van der Waals surface area contributed by atoms with Crippen LogP contribution in [-0.4, -0.2) is 90.1 Å². The van der Waals surface area contributed by atoms with Gasteiger partial charge in [-0.2, -0.15) is 11.8 Å². The molecule has 1 amide bonds. The summed E-state index contributed by atoms with van der Waals surface area (Å²) in [4.78, 5) is 75.1. The SMILES string of the molecule is CN[C@@H](CSCC[C@H](CC(=O)[C@H](CCC(=O)OC(C)(C)C)NC)C(=O)N[C@@H](CCC(=O)OC(C)(C)C)C(C)=O)C(C)=O. The van der Waals surface area contributed by atoms with Gasteiger partial charge in [0.25, 0.3) is 0 Å². The Morgan fingerprint density at radius 2 is 1.14 bits per heavy atom. The molecule has 0 heterocycles. The number of carbonyl (C=O) groups excluding carboxylic acids is 6. The highest BCUT2D eigenvalue weighted by Crippen LogP contribution is 2.19. The molecule has 0 spiro atoms. The third-order valence-electron chi connectivity index (χ3n) is 6.21. The van der Waals surface area contributed by atoms with E-state index in [4.69, 9.17) is 9.47 Å². The minimum atomic E-state index is -0.908. The first-order valence-electron chi connectivity index (χ1n) is 14.5. The molecule has 0 aromatic rings.